The van der Waals surface area contributed by atoms with Crippen LogP contribution in [0.5, 0.6) is 0 Å². The maximum Gasteiger partial charge on any atom is 0.286 e. The molecule has 0 radical (unpaired) electrons. The van der Waals surface area contributed by atoms with Crippen LogP contribution in [0.15, 0.2) is 45.7 Å². The van der Waals surface area contributed by atoms with Gasteiger partial charge in [-0.3, -0.25) is 4.79 Å². The van der Waals surface area contributed by atoms with Crippen LogP contribution < -0.4 is 10.2 Å². The van der Waals surface area contributed by atoms with Gasteiger partial charge in [-0.2, -0.15) is 8.42 Å². The van der Waals surface area contributed by atoms with Crippen LogP contribution in [-0.4, -0.2) is 26.7 Å². The number of amides is 1. The Morgan fingerprint density at radius 2 is 1.96 bits per heavy atom. The van der Waals surface area contributed by atoms with Crippen LogP contribution >= 0.6 is 11.6 Å². The summed E-state index contributed by atoms with van der Waals surface area (Å²) in [5.74, 6) is 0.169. The maximum absolute atomic E-state index is 12.7. The number of sulfonamides is 1. The first-order valence-electron chi connectivity index (χ1n) is 9.18. The molecular formula is C20H20ClN3O3S. The number of benzene rings is 2. The molecule has 4 rings (SSSR count). The van der Waals surface area contributed by atoms with E-state index in [1.165, 1.54) is 6.07 Å². The molecule has 8 heteroatoms. The molecule has 146 valence electrons. The van der Waals surface area contributed by atoms with Crippen molar-refractivity contribution < 1.29 is 13.2 Å². The Bertz CT molecular complexity index is 1100. The van der Waals surface area contributed by atoms with E-state index in [1.54, 1.807) is 24.3 Å². The predicted octanol–water partition coefficient (Wildman–Crippen LogP) is 4.38. The van der Waals surface area contributed by atoms with Gasteiger partial charge >= 0.3 is 0 Å². The zero-order chi connectivity index (χ0) is 19.9. The molecule has 0 atom stereocenters. The normalized spacial score (nSPS) is 17.8. The lowest BCUT2D eigenvalue weighted by molar-refractivity contribution is 0.102. The van der Waals surface area contributed by atoms with Crippen LogP contribution in [0.25, 0.3) is 0 Å². The molecular weight excluding hydrogens is 398 g/mol. The van der Waals surface area contributed by atoms with Gasteiger partial charge in [0.1, 0.15) is 10.7 Å². The quantitative estimate of drug-likeness (QED) is 0.786. The van der Waals surface area contributed by atoms with Gasteiger partial charge in [-0.15, -0.1) is 4.40 Å². The molecule has 0 unspecified atom stereocenters. The summed E-state index contributed by atoms with van der Waals surface area (Å²) >= 11 is 6.18. The van der Waals surface area contributed by atoms with Crippen molar-refractivity contribution in [2.24, 2.45) is 4.40 Å². The number of hydrogen-bond donors (Lipinski definition) is 1. The second-order valence-corrected chi connectivity index (χ2v) is 9.04. The zero-order valence-corrected chi connectivity index (χ0v) is 17.0. The molecule has 0 saturated carbocycles. The van der Waals surface area contributed by atoms with E-state index in [9.17, 15) is 13.2 Å². The van der Waals surface area contributed by atoms with E-state index in [-0.39, 0.29) is 10.5 Å². The van der Waals surface area contributed by atoms with E-state index in [2.05, 4.69) is 9.71 Å². The van der Waals surface area contributed by atoms with Gasteiger partial charge in [-0.05, 0) is 55.7 Å². The summed E-state index contributed by atoms with van der Waals surface area (Å²) in [4.78, 5) is 14.7. The molecule has 2 aliphatic rings. The maximum atomic E-state index is 12.7. The summed E-state index contributed by atoms with van der Waals surface area (Å²) in [6.45, 7) is 2.63. The first-order valence-corrected chi connectivity index (χ1v) is 11.0. The van der Waals surface area contributed by atoms with Crippen molar-refractivity contribution in [1.82, 2.24) is 0 Å². The average molecular weight is 418 g/mol. The van der Waals surface area contributed by atoms with Gasteiger partial charge in [-0.25, -0.2) is 0 Å². The number of aryl methyl sites for hydroxylation is 1. The van der Waals surface area contributed by atoms with Crippen molar-refractivity contribution >= 4 is 44.7 Å². The number of nitrogens with zero attached hydrogens (tertiary/aromatic N) is 2. The van der Waals surface area contributed by atoms with Gasteiger partial charge in [-0.1, -0.05) is 24.1 Å². The number of rotatable bonds is 2. The number of anilines is 2. The van der Waals surface area contributed by atoms with Crippen molar-refractivity contribution in [3.8, 4) is 0 Å². The van der Waals surface area contributed by atoms with Gasteiger partial charge in [0.2, 0.25) is 0 Å². The molecule has 2 aromatic carbocycles. The van der Waals surface area contributed by atoms with Crippen molar-refractivity contribution in [2.75, 3.05) is 16.8 Å². The molecule has 1 N–H and O–H groups in total. The van der Waals surface area contributed by atoms with E-state index < -0.39 is 15.9 Å². The summed E-state index contributed by atoms with van der Waals surface area (Å²) in [6, 6.07) is 10.0. The van der Waals surface area contributed by atoms with Crippen molar-refractivity contribution in [3.05, 3.63) is 52.5 Å². The highest BCUT2D eigenvalue weighted by Crippen LogP contribution is 2.35. The second kappa shape index (κ2) is 7.22. The van der Waals surface area contributed by atoms with Crippen LogP contribution in [0.3, 0.4) is 0 Å². The molecule has 0 aromatic heterocycles. The largest absolute Gasteiger partial charge is 0.328 e. The molecule has 0 spiro atoms. The Labute approximate surface area is 169 Å². The zero-order valence-electron chi connectivity index (χ0n) is 15.4. The minimum absolute atomic E-state index is 0.0702. The number of fused-ring (bicyclic) bond motifs is 3. The Balaban J connectivity index is 1.68. The molecule has 6 nitrogen and oxygen atoms in total. The standard InChI is InChI=1S/C20H20ClN3O3S/c1-13-6-8-16(15(21)11-13)22-20(25)14-7-9-17-18(12-14)28(26,27)23-19-5-3-2-4-10-24(17)19/h6-9,11-12H,2-5,10H2,1H3,(H,22,25). The van der Waals surface area contributed by atoms with Crippen LogP contribution in [0.2, 0.25) is 5.02 Å². The molecule has 28 heavy (non-hydrogen) atoms. The van der Waals surface area contributed by atoms with E-state index in [0.29, 0.717) is 28.7 Å². The number of carbonyl (C=O) groups is 1. The lowest BCUT2D eigenvalue weighted by atomic mass is 10.1. The number of hydrogen-bond acceptors (Lipinski definition) is 4. The molecule has 1 amide bonds. The van der Waals surface area contributed by atoms with Gasteiger partial charge in [0, 0.05) is 18.5 Å². The summed E-state index contributed by atoms with van der Waals surface area (Å²) in [5, 5.41) is 3.17. The van der Waals surface area contributed by atoms with Gasteiger partial charge in [0.05, 0.1) is 16.4 Å². The fraction of sp³-hybridized carbons (Fsp3) is 0.300. The third-order valence-electron chi connectivity index (χ3n) is 4.98. The molecule has 0 bridgehead atoms. The number of amidine groups is 1. The first kappa shape index (κ1) is 19.0. The second-order valence-electron chi connectivity index (χ2n) is 7.06. The highest BCUT2D eigenvalue weighted by Gasteiger charge is 2.32. The average Bonchev–Trinajstić information content (AvgIpc) is 2.88. The SMILES string of the molecule is Cc1ccc(NC(=O)c2ccc3c(c2)S(=O)(=O)N=C2CCCCCN23)c(Cl)c1. The monoisotopic (exact) mass is 417 g/mol. The van der Waals surface area contributed by atoms with Gasteiger partial charge in [0.25, 0.3) is 15.9 Å². The smallest absolute Gasteiger partial charge is 0.286 e. The Morgan fingerprint density at radius 3 is 2.75 bits per heavy atom. The van der Waals surface area contributed by atoms with E-state index >= 15 is 0 Å². The highest BCUT2D eigenvalue weighted by atomic mass is 35.5. The number of halogens is 1. The van der Waals surface area contributed by atoms with Crippen LogP contribution in [0.1, 0.15) is 41.6 Å². The fourth-order valence-electron chi connectivity index (χ4n) is 3.54. The van der Waals surface area contributed by atoms with Gasteiger partial charge in [0.15, 0.2) is 0 Å². The lowest BCUT2D eigenvalue weighted by Gasteiger charge is -2.29. The number of nitrogens with one attached hydrogen (secondary N) is 1. The van der Waals surface area contributed by atoms with Crippen molar-refractivity contribution in [3.63, 3.8) is 0 Å². The molecule has 2 aromatic rings. The molecule has 0 aliphatic carbocycles. The van der Waals surface area contributed by atoms with Crippen LogP contribution in [-0.2, 0) is 10.0 Å². The summed E-state index contributed by atoms with van der Waals surface area (Å²) < 4.78 is 29.4. The van der Waals surface area contributed by atoms with Crippen molar-refractivity contribution in [1.29, 1.82) is 0 Å². The predicted molar refractivity (Wildman–Crippen MR) is 111 cm³/mol. The van der Waals surface area contributed by atoms with Gasteiger partial charge < -0.3 is 10.2 Å². The summed E-state index contributed by atoms with van der Waals surface area (Å²) in [7, 11) is -3.83. The van der Waals surface area contributed by atoms with Crippen LogP contribution in [0.4, 0.5) is 11.4 Å². The third kappa shape index (κ3) is 3.52. The van der Waals surface area contributed by atoms with E-state index in [4.69, 9.17) is 11.6 Å². The molecule has 1 fully saturated rings. The Hall–Kier alpha value is -2.38. The minimum Gasteiger partial charge on any atom is -0.328 e. The van der Waals surface area contributed by atoms with Crippen molar-refractivity contribution in [2.45, 2.75) is 37.5 Å². The first-order chi connectivity index (χ1) is 13.3. The summed E-state index contributed by atoms with van der Waals surface area (Å²) in [6.07, 6.45) is 3.60. The third-order valence-corrected chi connectivity index (χ3v) is 6.63. The fourth-order valence-corrected chi connectivity index (χ4v) is 5.10. The number of carbonyl (C=O) groups excluding carboxylic acids is 1. The van der Waals surface area contributed by atoms with E-state index in [0.717, 1.165) is 31.4 Å². The van der Waals surface area contributed by atoms with Crippen LogP contribution in [0, 0.1) is 6.92 Å². The molecule has 1 saturated heterocycles. The Morgan fingerprint density at radius 1 is 1.14 bits per heavy atom. The Kier molecular flexibility index (Phi) is 4.89. The summed E-state index contributed by atoms with van der Waals surface area (Å²) in [5.41, 5.74) is 2.30. The lowest BCUT2D eigenvalue weighted by Crippen LogP contribution is -2.35. The minimum atomic E-state index is -3.83. The van der Waals surface area contributed by atoms with E-state index in [1.807, 2.05) is 17.9 Å². The highest BCUT2D eigenvalue weighted by molar-refractivity contribution is 7.90. The topological polar surface area (TPSA) is 78.8 Å². The molecule has 2 aliphatic heterocycles. The molecule has 2 heterocycles.